The molecule has 4 nitrogen and oxygen atoms in total. The predicted molar refractivity (Wildman–Crippen MR) is 81.2 cm³/mol. The highest BCUT2D eigenvalue weighted by molar-refractivity contribution is 6.34. The summed E-state index contributed by atoms with van der Waals surface area (Å²) in [7, 11) is 1.50. The van der Waals surface area contributed by atoms with Crippen molar-refractivity contribution in [1.82, 2.24) is 0 Å². The van der Waals surface area contributed by atoms with Crippen LogP contribution in [0.5, 0.6) is 5.75 Å². The SMILES string of the molecule is COc1cc(N)cc(Cl)c1NC(=O)Cc1ccccc1. The molecule has 2 aromatic rings. The molecule has 0 aromatic heterocycles. The predicted octanol–water partition coefficient (Wildman–Crippen LogP) is 3.11. The molecular formula is C15H15ClN2O2. The van der Waals surface area contributed by atoms with Gasteiger partial charge in [-0.05, 0) is 11.6 Å². The van der Waals surface area contributed by atoms with E-state index in [4.69, 9.17) is 22.1 Å². The zero-order valence-corrected chi connectivity index (χ0v) is 11.8. The zero-order chi connectivity index (χ0) is 14.5. The number of nitrogen functional groups attached to an aromatic ring is 1. The van der Waals surface area contributed by atoms with E-state index >= 15 is 0 Å². The molecule has 0 fully saturated rings. The second kappa shape index (κ2) is 6.30. The van der Waals surface area contributed by atoms with Gasteiger partial charge in [-0.2, -0.15) is 0 Å². The quantitative estimate of drug-likeness (QED) is 0.850. The van der Waals surface area contributed by atoms with Crippen molar-refractivity contribution in [2.24, 2.45) is 0 Å². The molecule has 2 rings (SSSR count). The van der Waals surface area contributed by atoms with Gasteiger partial charge < -0.3 is 15.8 Å². The maximum absolute atomic E-state index is 12.0. The molecule has 2 aromatic carbocycles. The van der Waals surface area contributed by atoms with Gasteiger partial charge in [0, 0.05) is 11.8 Å². The summed E-state index contributed by atoms with van der Waals surface area (Å²) in [6.07, 6.45) is 0.269. The number of benzene rings is 2. The Kier molecular flexibility index (Phi) is 4.48. The van der Waals surface area contributed by atoms with Gasteiger partial charge in [0.25, 0.3) is 0 Å². The molecule has 3 N–H and O–H groups in total. The summed E-state index contributed by atoms with van der Waals surface area (Å²) in [6.45, 7) is 0. The fourth-order valence-electron chi connectivity index (χ4n) is 1.85. The number of rotatable bonds is 4. The average molecular weight is 291 g/mol. The lowest BCUT2D eigenvalue weighted by Gasteiger charge is -2.13. The van der Waals surface area contributed by atoms with Crippen LogP contribution < -0.4 is 15.8 Å². The standard InChI is InChI=1S/C15H15ClN2O2/c1-20-13-9-11(17)8-12(16)15(13)18-14(19)7-10-5-3-2-4-6-10/h2-6,8-9H,7,17H2,1H3,(H,18,19). The molecule has 0 saturated heterocycles. The smallest absolute Gasteiger partial charge is 0.228 e. The second-order valence-corrected chi connectivity index (χ2v) is 4.70. The van der Waals surface area contributed by atoms with E-state index in [-0.39, 0.29) is 12.3 Å². The van der Waals surface area contributed by atoms with E-state index in [0.29, 0.717) is 22.1 Å². The van der Waals surface area contributed by atoms with Crippen LogP contribution in [0, 0.1) is 0 Å². The van der Waals surface area contributed by atoms with Crippen molar-refractivity contribution in [3.05, 3.63) is 53.1 Å². The van der Waals surface area contributed by atoms with Crippen LogP contribution in [0.2, 0.25) is 5.02 Å². The van der Waals surface area contributed by atoms with Crippen LogP contribution >= 0.6 is 11.6 Å². The Bertz CT molecular complexity index is 615. The number of nitrogens with two attached hydrogens (primary N) is 1. The van der Waals surface area contributed by atoms with Crippen LogP contribution in [-0.4, -0.2) is 13.0 Å². The Morgan fingerprint density at radius 3 is 2.65 bits per heavy atom. The molecule has 0 radical (unpaired) electrons. The van der Waals surface area contributed by atoms with Gasteiger partial charge in [0.2, 0.25) is 5.91 Å². The molecule has 0 atom stereocenters. The van der Waals surface area contributed by atoms with E-state index in [1.165, 1.54) is 7.11 Å². The number of ether oxygens (including phenoxy) is 1. The molecule has 5 heteroatoms. The first-order valence-corrected chi connectivity index (χ1v) is 6.44. The number of hydrogen-bond acceptors (Lipinski definition) is 3. The van der Waals surface area contributed by atoms with Crippen molar-refractivity contribution in [1.29, 1.82) is 0 Å². The number of amides is 1. The van der Waals surface area contributed by atoms with Gasteiger partial charge in [0.1, 0.15) is 11.4 Å². The van der Waals surface area contributed by atoms with Crippen LogP contribution in [0.15, 0.2) is 42.5 Å². The largest absolute Gasteiger partial charge is 0.494 e. The summed E-state index contributed by atoms with van der Waals surface area (Å²) in [5.74, 6) is 0.276. The second-order valence-electron chi connectivity index (χ2n) is 4.29. The van der Waals surface area contributed by atoms with Crippen molar-refractivity contribution < 1.29 is 9.53 Å². The molecule has 0 saturated carbocycles. The maximum atomic E-state index is 12.0. The number of nitrogens with one attached hydrogen (secondary N) is 1. The number of halogens is 1. The van der Waals surface area contributed by atoms with E-state index in [0.717, 1.165) is 5.56 Å². The average Bonchev–Trinajstić information content (AvgIpc) is 2.42. The van der Waals surface area contributed by atoms with Crippen molar-refractivity contribution in [2.45, 2.75) is 6.42 Å². The minimum atomic E-state index is -0.166. The molecule has 0 unspecified atom stereocenters. The third-order valence-electron chi connectivity index (χ3n) is 2.77. The minimum absolute atomic E-state index is 0.166. The molecule has 1 amide bonds. The van der Waals surface area contributed by atoms with E-state index < -0.39 is 0 Å². The Morgan fingerprint density at radius 2 is 2.00 bits per heavy atom. The Labute approximate surface area is 122 Å². The van der Waals surface area contributed by atoms with Gasteiger partial charge in [0.05, 0.1) is 18.6 Å². The van der Waals surface area contributed by atoms with Crippen LogP contribution in [0.25, 0.3) is 0 Å². The van der Waals surface area contributed by atoms with E-state index in [2.05, 4.69) is 5.32 Å². The summed E-state index contributed by atoms with van der Waals surface area (Å²) in [4.78, 5) is 12.0. The first-order valence-electron chi connectivity index (χ1n) is 6.07. The van der Waals surface area contributed by atoms with Gasteiger partial charge in [-0.1, -0.05) is 41.9 Å². The van der Waals surface area contributed by atoms with Crippen molar-refractivity contribution >= 4 is 28.9 Å². The summed E-state index contributed by atoms with van der Waals surface area (Å²) < 4.78 is 5.18. The normalized spacial score (nSPS) is 10.1. The highest BCUT2D eigenvalue weighted by Crippen LogP contribution is 2.34. The van der Waals surface area contributed by atoms with Gasteiger partial charge in [-0.3, -0.25) is 4.79 Å². The Balaban J connectivity index is 2.16. The zero-order valence-electron chi connectivity index (χ0n) is 11.0. The highest BCUT2D eigenvalue weighted by atomic mass is 35.5. The highest BCUT2D eigenvalue weighted by Gasteiger charge is 2.13. The number of anilines is 2. The fourth-order valence-corrected chi connectivity index (χ4v) is 2.11. The molecule has 0 aliphatic rings. The minimum Gasteiger partial charge on any atom is -0.494 e. The molecule has 104 valence electrons. The van der Waals surface area contributed by atoms with E-state index in [1.807, 2.05) is 30.3 Å². The molecule has 0 aliphatic carbocycles. The van der Waals surface area contributed by atoms with Gasteiger partial charge in [0.15, 0.2) is 0 Å². The van der Waals surface area contributed by atoms with Crippen LogP contribution in [0.3, 0.4) is 0 Å². The number of hydrogen-bond donors (Lipinski definition) is 2. The van der Waals surface area contributed by atoms with Crippen molar-refractivity contribution in [2.75, 3.05) is 18.2 Å². The van der Waals surface area contributed by atoms with Crippen LogP contribution in [0.4, 0.5) is 11.4 Å². The lowest BCUT2D eigenvalue weighted by atomic mass is 10.1. The summed E-state index contributed by atoms with van der Waals surface area (Å²) in [5.41, 5.74) is 7.52. The number of carbonyl (C=O) groups excluding carboxylic acids is 1. The Morgan fingerprint density at radius 1 is 1.30 bits per heavy atom. The van der Waals surface area contributed by atoms with Crippen LogP contribution in [0.1, 0.15) is 5.56 Å². The fraction of sp³-hybridized carbons (Fsp3) is 0.133. The molecule has 20 heavy (non-hydrogen) atoms. The van der Waals surface area contributed by atoms with Crippen molar-refractivity contribution in [3.63, 3.8) is 0 Å². The topological polar surface area (TPSA) is 64.3 Å². The third kappa shape index (κ3) is 3.42. The number of carbonyl (C=O) groups is 1. The molecule has 0 spiro atoms. The first kappa shape index (κ1) is 14.2. The summed E-state index contributed by atoms with van der Waals surface area (Å²) >= 11 is 6.09. The number of methoxy groups -OCH3 is 1. The lowest BCUT2D eigenvalue weighted by Crippen LogP contribution is -2.15. The van der Waals surface area contributed by atoms with E-state index in [9.17, 15) is 4.79 Å². The first-order chi connectivity index (χ1) is 9.60. The maximum Gasteiger partial charge on any atom is 0.228 e. The van der Waals surface area contributed by atoms with Crippen molar-refractivity contribution in [3.8, 4) is 5.75 Å². The van der Waals surface area contributed by atoms with Crippen LogP contribution in [-0.2, 0) is 11.2 Å². The van der Waals surface area contributed by atoms with Gasteiger partial charge in [-0.15, -0.1) is 0 Å². The molecule has 0 heterocycles. The monoisotopic (exact) mass is 290 g/mol. The van der Waals surface area contributed by atoms with Gasteiger partial charge >= 0.3 is 0 Å². The van der Waals surface area contributed by atoms with Gasteiger partial charge in [-0.25, -0.2) is 0 Å². The molecule has 0 aliphatic heterocycles. The summed E-state index contributed by atoms with van der Waals surface area (Å²) in [6, 6.07) is 12.6. The Hall–Kier alpha value is -2.20. The third-order valence-corrected chi connectivity index (χ3v) is 3.07. The molecule has 0 bridgehead atoms. The summed E-state index contributed by atoms with van der Waals surface area (Å²) in [5, 5.41) is 3.10. The molecular weight excluding hydrogens is 276 g/mol. The van der Waals surface area contributed by atoms with E-state index in [1.54, 1.807) is 12.1 Å². The lowest BCUT2D eigenvalue weighted by molar-refractivity contribution is -0.115.